The summed E-state index contributed by atoms with van der Waals surface area (Å²) in [4.78, 5) is 10.6. The molecule has 0 aliphatic rings. The van der Waals surface area contributed by atoms with E-state index in [0.29, 0.717) is 31.1 Å². The first-order valence-corrected chi connectivity index (χ1v) is 6.03. The molecule has 0 atom stereocenters. The first kappa shape index (κ1) is 14.4. The summed E-state index contributed by atoms with van der Waals surface area (Å²) in [6.45, 7) is 6.76. The molecule has 0 unspecified atom stereocenters. The van der Waals surface area contributed by atoms with Crippen molar-refractivity contribution in [3.63, 3.8) is 0 Å². The highest BCUT2D eigenvalue weighted by molar-refractivity contribution is 5.59. The highest BCUT2D eigenvalue weighted by Gasteiger charge is 2.25. The highest BCUT2D eigenvalue weighted by Crippen LogP contribution is 2.27. The normalized spacial score (nSPS) is 10.9. The van der Waals surface area contributed by atoms with Crippen molar-refractivity contribution in [2.75, 3.05) is 18.5 Å². The summed E-state index contributed by atoms with van der Waals surface area (Å²) in [5.41, 5.74) is 0.555. The van der Waals surface area contributed by atoms with E-state index in [1.54, 1.807) is 7.05 Å². The van der Waals surface area contributed by atoms with Crippen LogP contribution in [0.1, 0.15) is 26.5 Å². The van der Waals surface area contributed by atoms with Gasteiger partial charge in [-0.15, -0.1) is 0 Å². The topological polar surface area (TPSA) is 82.2 Å². The average molecular weight is 256 g/mol. The first-order valence-electron chi connectivity index (χ1n) is 6.03. The van der Waals surface area contributed by atoms with Crippen molar-refractivity contribution in [3.05, 3.63) is 15.8 Å². The van der Waals surface area contributed by atoms with Gasteiger partial charge in [-0.05, 0) is 20.3 Å². The Labute approximate surface area is 106 Å². The third-order valence-electron chi connectivity index (χ3n) is 2.46. The molecule has 1 rings (SSSR count). The summed E-state index contributed by atoms with van der Waals surface area (Å²) in [6, 6.07) is 0. The van der Waals surface area contributed by atoms with Gasteiger partial charge in [-0.1, -0.05) is 6.92 Å². The van der Waals surface area contributed by atoms with E-state index in [2.05, 4.69) is 10.4 Å². The fourth-order valence-corrected chi connectivity index (χ4v) is 1.66. The van der Waals surface area contributed by atoms with Crippen LogP contribution in [-0.2, 0) is 18.2 Å². The van der Waals surface area contributed by atoms with Gasteiger partial charge in [0.2, 0.25) is 5.82 Å². The Morgan fingerprint density at radius 1 is 1.56 bits per heavy atom. The van der Waals surface area contributed by atoms with Gasteiger partial charge in [-0.25, -0.2) is 4.68 Å². The summed E-state index contributed by atoms with van der Waals surface area (Å²) < 4.78 is 6.88. The van der Waals surface area contributed by atoms with E-state index in [0.717, 1.165) is 0 Å². The smallest absolute Gasteiger partial charge is 0.333 e. The predicted octanol–water partition coefficient (Wildman–Crippen LogP) is 1.73. The third kappa shape index (κ3) is 3.43. The number of rotatable bonds is 7. The van der Waals surface area contributed by atoms with Crippen LogP contribution in [0.4, 0.5) is 11.5 Å². The molecule has 1 N–H and O–H groups in total. The molecule has 1 aromatic rings. The number of aryl methyl sites for hydroxylation is 2. The Balaban J connectivity index is 2.75. The molecule has 0 fully saturated rings. The molecule has 0 spiro atoms. The lowest BCUT2D eigenvalue weighted by molar-refractivity contribution is -0.384. The van der Waals surface area contributed by atoms with Crippen LogP contribution >= 0.6 is 0 Å². The lowest BCUT2D eigenvalue weighted by atomic mass is 10.3. The summed E-state index contributed by atoms with van der Waals surface area (Å²) in [7, 11) is 1.69. The van der Waals surface area contributed by atoms with Gasteiger partial charge in [0.05, 0.1) is 17.6 Å². The van der Waals surface area contributed by atoms with Crippen molar-refractivity contribution in [1.82, 2.24) is 9.78 Å². The van der Waals surface area contributed by atoms with Gasteiger partial charge in [0.15, 0.2) is 0 Å². The molecule has 7 nitrogen and oxygen atoms in total. The highest BCUT2D eigenvalue weighted by atomic mass is 16.6. The summed E-state index contributed by atoms with van der Waals surface area (Å²) >= 11 is 0. The van der Waals surface area contributed by atoms with Crippen LogP contribution in [0.15, 0.2) is 0 Å². The molecule has 7 heteroatoms. The minimum Gasteiger partial charge on any atom is -0.377 e. The molecule has 0 saturated heterocycles. The zero-order valence-corrected chi connectivity index (χ0v) is 11.3. The van der Waals surface area contributed by atoms with E-state index in [1.807, 2.05) is 20.8 Å². The maximum Gasteiger partial charge on any atom is 0.333 e. The molecule has 18 heavy (non-hydrogen) atoms. The van der Waals surface area contributed by atoms with Crippen LogP contribution in [0.5, 0.6) is 0 Å². The number of hydrogen-bond acceptors (Lipinski definition) is 5. The number of anilines is 1. The van der Waals surface area contributed by atoms with Gasteiger partial charge in [0.25, 0.3) is 0 Å². The average Bonchev–Trinajstić information content (AvgIpc) is 2.61. The van der Waals surface area contributed by atoms with Gasteiger partial charge in [0.1, 0.15) is 5.69 Å². The van der Waals surface area contributed by atoms with E-state index < -0.39 is 4.92 Å². The zero-order chi connectivity index (χ0) is 13.7. The first-order chi connectivity index (χ1) is 8.47. The van der Waals surface area contributed by atoms with Gasteiger partial charge in [-0.2, -0.15) is 5.10 Å². The largest absolute Gasteiger partial charge is 0.377 e. The Morgan fingerprint density at radius 3 is 2.72 bits per heavy atom. The third-order valence-corrected chi connectivity index (χ3v) is 2.46. The van der Waals surface area contributed by atoms with Crippen molar-refractivity contribution in [2.24, 2.45) is 7.05 Å². The van der Waals surface area contributed by atoms with Crippen LogP contribution in [0.3, 0.4) is 0 Å². The van der Waals surface area contributed by atoms with Gasteiger partial charge >= 0.3 is 5.69 Å². The van der Waals surface area contributed by atoms with Crippen LogP contribution in [0, 0.1) is 10.1 Å². The van der Waals surface area contributed by atoms with Crippen LogP contribution in [0.25, 0.3) is 0 Å². The predicted molar refractivity (Wildman–Crippen MR) is 68.8 cm³/mol. The molecule has 1 aromatic heterocycles. The fraction of sp³-hybridized carbons (Fsp3) is 0.727. The number of nitro groups is 1. The van der Waals surface area contributed by atoms with Gasteiger partial charge in [0, 0.05) is 13.6 Å². The fourth-order valence-electron chi connectivity index (χ4n) is 1.66. The minimum absolute atomic E-state index is 0.0598. The van der Waals surface area contributed by atoms with E-state index in [9.17, 15) is 10.1 Å². The molecule has 0 aliphatic carbocycles. The molecule has 0 saturated carbocycles. The minimum atomic E-state index is -0.391. The summed E-state index contributed by atoms with van der Waals surface area (Å²) in [5, 5.41) is 18.2. The second kappa shape index (κ2) is 6.34. The van der Waals surface area contributed by atoms with E-state index in [1.165, 1.54) is 4.68 Å². The Bertz CT molecular complexity index is 415. The van der Waals surface area contributed by atoms with E-state index in [4.69, 9.17) is 4.74 Å². The zero-order valence-electron chi connectivity index (χ0n) is 11.3. The molecule has 0 aromatic carbocycles. The maximum absolute atomic E-state index is 11.0. The second-order valence-corrected chi connectivity index (χ2v) is 4.22. The SMILES string of the molecule is CCc1nn(C)c(NCCOC(C)C)c1[N+](=O)[O-]. The van der Waals surface area contributed by atoms with Crippen molar-refractivity contribution in [1.29, 1.82) is 0 Å². The number of nitrogens with zero attached hydrogens (tertiary/aromatic N) is 3. The molecule has 0 amide bonds. The summed E-state index contributed by atoms with van der Waals surface area (Å²) in [6.07, 6.45) is 0.688. The van der Waals surface area contributed by atoms with E-state index >= 15 is 0 Å². The number of hydrogen-bond donors (Lipinski definition) is 1. The van der Waals surface area contributed by atoms with Crippen molar-refractivity contribution in [3.8, 4) is 0 Å². The van der Waals surface area contributed by atoms with Gasteiger partial charge in [-0.3, -0.25) is 10.1 Å². The quantitative estimate of drug-likeness (QED) is 0.456. The monoisotopic (exact) mass is 256 g/mol. The second-order valence-electron chi connectivity index (χ2n) is 4.22. The van der Waals surface area contributed by atoms with Crippen molar-refractivity contribution < 1.29 is 9.66 Å². The Kier molecular flexibility index (Phi) is 5.08. The summed E-state index contributed by atoms with van der Waals surface area (Å²) in [5.74, 6) is 0.434. The molecule has 1 heterocycles. The van der Waals surface area contributed by atoms with Crippen LogP contribution in [0.2, 0.25) is 0 Å². The van der Waals surface area contributed by atoms with Gasteiger partial charge < -0.3 is 10.1 Å². The molecule has 0 aliphatic heterocycles. The standard InChI is InChI=1S/C11H20N4O3/c1-5-9-10(15(16)17)11(14(4)13-9)12-6-7-18-8(2)3/h8,12H,5-7H2,1-4H3. The Hall–Kier alpha value is -1.63. The molecular formula is C11H20N4O3. The number of aromatic nitrogens is 2. The number of nitrogens with one attached hydrogen (secondary N) is 1. The van der Waals surface area contributed by atoms with Crippen LogP contribution in [-0.4, -0.2) is 34.0 Å². The Morgan fingerprint density at radius 2 is 2.22 bits per heavy atom. The lowest BCUT2D eigenvalue weighted by Gasteiger charge is -2.09. The number of ether oxygens (including phenoxy) is 1. The van der Waals surface area contributed by atoms with Crippen LogP contribution < -0.4 is 5.32 Å². The molecular weight excluding hydrogens is 236 g/mol. The molecule has 0 bridgehead atoms. The van der Waals surface area contributed by atoms with Crippen molar-refractivity contribution in [2.45, 2.75) is 33.3 Å². The lowest BCUT2D eigenvalue weighted by Crippen LogP contribution is -2.15. The molecule has 0 radical (unpaired) electrons. The molecule has 102 valence electrons. The van der Waals surface area contributed by atoms with E-state index in [-0.39, 0.29) is 11.8 Å². The maximum atomic E-state index is 11.0. The van der Waals surface area contributed by atoms with Crippen molar-refractivity contribution >= 4 is 11.5 Å².